The Labute approximate surface area is 105 Å². The second kappa shape index (κ2) is 5.55. The second-order valence-electron chi connectivity index (χ2n) is 3.58. The molecule has 3 nitrogen and oxygen atoms in total. The first-order valence-electron chi connectivity index (χ1n) is 5.19. The average molecular weight is 250 g/mol. The molecule has 1 aromatic heterocycles. The summed E-state index contributed by atoms with van der Waals surface area (Å²) in [4.78, 5) is 4.12. The summed E-state index contributed by atoms with van der Waals surface area (Å²) >= 11 is 5.64. The van der Waals surface area contributed by atoms with E-state index in [9.17, 15) is 5.11 Å². The van der Waals surface area contributed by atoms with E-state index in [1.807, 2.05) is 18.2 Å². The molecule has 4 heteroatoms. The molecule has 0 saturated heterocycles. The van der Waals surface area contributed by atoms with Gasteiger partial charge in [0.25, 0.3) is 0 Å². The van der Waals surface area contributed by atoms with Crippen molar-refractivity contribution in [2.45, 2.75) is 12.5 Å². The van der Waals surface area contributed by atoms with E-state index in [1.54, 1.807) is 24.4 Å². The highest BCUT2D eigenvalue weighted by atomic mass is 35.5. The van der Waals surface area contributed by atoms with Gasteiger partial charge in [0.15, 0.2) is 0 Å². The molecule has 1 N–H and O–H groups in total. The number of aromatic hydroxyl groups is 1. The zero-order valence-electron chi connectivity index (χ0n) is 9.14. The zero-order chi connectivity index (χ0) is 12.1. The summed E-state index contributed by atoms with van der Waals surface area (Å²) in [7, 11) is 0. The maximum atomic E-state index is 9.30. The number of phenolic OH excluding ortho intramolecular Hbond substituents is 1. The summed E-state index contributed by atoms with van der Waals surface area (Å²) in [6.45, 7) is 0.399. The smallest absolute Gasteiger partial charge is 0.138 e. The van der Waals surface area contributed by atoms with Gasteiger partial charge in [0.2, 0.25) is 0 Å². The van der Waals surface area contributed by atoms with E-state index in [0.29, 0.717) is 18.2 Å². The lowest BCUT2D eigenvalue weighted by Gasteiger charge is -2.06. The maximum Gasteiger partial charge on any atom is 0.138 e. The van der Waals surface area contributed by atoms with Gasteiger partial charge in [0.1, 0.15) is 18.1 Å². The van der Waals surface area contributed by atoms with Crippen molar-refractivity contribution in [2.75, 3.05) is 0 Å². The summed E-state index contributed by atoms with van der Waals surface area (Å²) < 4.78 is 5.53. The van der Waals surface area contributed by atoms with Crippen molar-refractivity contribution in [1.29, 1.82) is 0 Å². The molecule has 0 aliphatic carbocycles. The highest BCUT2D eigenvalue weighted by Crippen LogP contribution is 2.15. The lowest BCUT2D eigenvalue weighted by molar-refractivity contribution is 0.304. The van der Waals surface area contributed by atoms with E-state index in [-0.39, 0.29) is 5.75 Å². The Morgan fingerprint density at radius 1 is 1.24 bits per heavy atom. The van der Waals surface area contributed by atoms with Crippen molar-refractivity contribution in [2.24, 2.45) is 0 Å². The second-order valence-corrected chi connectivity index (χ2v) is 3.84. The van der Waals surface area contributed by atoms with Crippen LogP contribution >= 0.6 is 11.6 Å². The van der Waals surface area contributed by atoms with Gasteiger partial charge in [0.05, 0.1) is 17.8 Å². The molecule has 0 unspecified atom stereocenters. The summed E-state index contributed by atoms with van der Waals surface area (Å²) in [6, 6.07) is 10.6. The molecule has 2 rings (SSSR count). The number of ether oxygens (including phenoxy) is 1. The van der Waals surface area contributed by atoms with Crippen molar-refractivity contribution >= 4 is 11.6 Å². The van der Waals surface area contributed by atoms with Crippen LogP contribution in [-0.2, 0) is 12.5 Å². The highest BCUT2D eigenvalue weighted by Gasteiger charge is 1.98. The normalized spacial score (nSPS) is 10.2. The minimum absolute atomic E-state index is 0.238. The number of pyridine rings is 1. The number of rotatable bonds is 4. The van der Waals surface area contributed by atoms with Gasteiger partial charge in [-0.1, -0.05) is 12.1 Å². The van der Waals surface area contributed by atoms with Gasteiger partial charge in [-0.2, -0.15) is 0 Å². The standard InChI is InChI=1S/C13H12ClNO2/c14-7-11-4-5-13(8-15-11)17-9-10-2-1-3-12(16)6-10/h1-6,8,16H,7,9H2. The van der Waals surface area contributed by atoms with Gasteiger partial charge >= 0.3 is 0 Å². The van der Waals surface area contributed by atoms with Crippen molar-refractivity contribution in [3.8, 4) is 11.5 Å². The third-order valence-corrected chi connectivity index (χ3v) is 2.52. The molecule has 1 aromatic carbocycles. The third kappa shape index (κ3) is 3.36. The average Bonchev–Trinajstić information content (AvgIpc) is 2.37. The molecular weight excluding hydrogens is 238 g/mol. The molecular formula is C13H12ClNO2. The molecule has 1 heterocycles. The van der Waals surface area contributed by atoms with E-state index in [2.05, 4.69) is 4.98 Å². The van der Waals surface area contributed by atoms with Gasteiger partial charge in [-0.3, -0.25) is 4.98 Å². The van der Waals surface area contributed by atoms with Gasteiger partial charge < -0.3 is 9.84 Å². The predicted octanol–water partition coefficient (Wildman–Crippen LogP) is 3.11. The number of phenols is 1. The summed E-state index contributed by atoms with van der Waals surface area (Å²) in [5.74, 6) is 1.32. The zero-order valence-corrected chi connectivity index (χ0v) is 9.89. The number of benzene rings is 1. The van der Waals surface area contributed by atoms with Crippen LogP contribution < -0.4 is 4.74 Å². The number of aromatic nitrogens is 1. The number of hydrogen-bond acceptors (Lipinski definition) is 3. The van der Waals surface area contributed by atoms with Crippen LogP contribution in [0.5, 0.6) is 11.5 Å². The molecule has 0 fully saturated rings. The fraction of sp³-hybridized carbons (Fsp3) is 0.154. The van der Waals surface area contributed by atoms with E-state index in [4.69, 9.17) is 16.3 Å². The molecule has 17 heavy (non-hydrogen) atoms. The Morgan fingerprint density at radius 2 is 2.12 bits per heavy atom. The largest absolute Gasteiger partial charge is 0.508 e. The molecule has 0 bridgehead atoms. The number of nitrogens with zero attached hydrogens (tertiary/aromatic N) is 1. The third-order valence-electron chi connectivity index (χ3n) is 2.25. The predicted molar refractivity (Wildman–Crippen MR) is 66.2 cm³/mol. The van der Waals surface area contributed by atoms with Crippen LogP contribution in [0.4, 0.5) is 0 Å². The number of halogens is 1. The van der Waals surface area contributed by atoms with E-state index < -0.39 is 0 Å². The Bertz CT molecular complexity index is 485. The minimum atomic E-state index is 0.238. The fourth-order valence-electron chi connectivity index (χ4n) is 1.39. The highest BCUT2D eigenvalue weighted by molar-refractivity contribution is 6.16. The summed E-state index contributed by atoms with van der Waals surface area (Å²) in [5, 5.41) is 9.30. The van der Waals surface area contributed by atoms with Crippen LogP contribution in [-0.4, -0.2) is 10.1 Å². The molecule has 2 aromatic rings. The Morgan fingerprint density at radius 3 is 2.76 bits per heavy atom. The van der Waals surface area contributed by atoms with Crippen LogP contribution in [0.2, 0.25) is 0 Å². The molecule has 88 valence electrons. The molecule has 0 aliphatic heterocycles. The molecule has 0 spiro atoms. The molecule has 0 amide bonds. The van der Waals surface area contributed by atoms with Crippen LogP contribution in [0.1, 0.15) is 11.3 Å². The van der Waals surface area contributed by atoms with E-state index >= 15 is 0 Å². The molecule has 0 saturated carbocycles. The molecule has 0 radical (unpaired) electrons. The summed E-state index contributed by atoms with van der Waals surface area (Å²) in [6.07, 6.45) is 1.64. The van der Waals surface area contributed by atoms with Crippen molar-refractivity contribution in [3.63, 3.8) is 0 Å². The van der Waals surface area contributed by atoms with Gasteiger partial charge in [-0.25, -0.2) is 0 Å². The first kappa shape index (κ1) is 11.7. The minimum Gasteiger partial charge on any atom is -0.508 e. The first-order valence-corrected chi connectivity index (χ1v) is 5.73. The fourth-order valence-corrected chi connectivity index (χ4v) is 1.55. The van der Waals surface area contributed by atoms with E-state index in [0.717, 1.165) is 11.3 Å². The van der Waals surface area contributed by atoms with Crippen LogP contribution in [0, 0.1) is 0 Å². The van der Waals surface area contributed by atoms with Gasteiger partial charge in [0, 0.05) is 0 Å². The SMILES string of the molecule is Oc1cccc(COc2ccc(CCl)nc2)c1. The lowest BCUT2D eigenvalue weighted by atomic mass is 10.2. The van der Waals surface area contributed by atoms with Gasteiger partial charge in [-0.05, 0) is 29.8 Å². The lowest BCUT2D eigenvalue weighted by Crippen LogP contribution is -1.96. The quantitative estimate of drug-likeness (QED) is 0.847. The van der Waals surface area contributed by atoms with Crippen molar-refractivity contribution in [3.05, 3.63) is 53.9 Å². The van der Waals surface area contributed by atoms with E-state index in [1.165, 1.54) is 0 Å². The number of alkyl halides is 1. The van der Waals surface area contributed by atoms with Crippen LogP contribution in [0.3, 0.4) is 0 Å². The van der Waals surface area contributed by atoms with Crippen molar-refractivity contribution in [1.82, 2.24) is 4.98 Å². The Kier molecular flexibility index (Phi) is 3.83. The van der Waals surface area contributed by atoms with Crippen LogP contribution in [0.25, 0.3) is 0 Å². The molecule has 0 aliphatic rings. The topological polar surface area (TPSA) is 42.4 Å². The van der Waals surface area contributed by atoms with Crippen molar-refractivity contribution < 1.29 is 9.84 Å². The Hall–Kier alpha value is -1.74. The van der Waals surface area contributed by atoms with Gasteiger partial charge in [-0.15, -0.1) is 11.6 Å². The Balaban J connectivity index is 1.97. The molecule has 0 atom stereocenters. The maximum absolute atomic E-state index is 9.30. The monoisotopic (exact) mass is 249 g/mol. The van der Waals surface area contributed by atoms with Crippen LogP contribution in [0.15, 0.2) is 42.6 Å². The first-order chi connectivity index (χ1) is 8.28. The summed E-state index contributed by atoms with van der Waals surface area (Å²) in [5.41, 5.74) is 1.72. The number of hydrogen-bond donors (Lipinski definition) is 1.